The van der Waals surface area contributed by atoms with Gasteiger partial charge in [-0.25, -0.2) is 4.98 Å². The summed E-state index contributed by atoms with van der Waals surface area (Å²) in [4.78, 5) is 17.2. The molecule has 0 fully saturated rings. The molecular formula is C16H18N6O2. The van der Waals surface area contributed by atoms with E-state index in [0.29, 0.717) is 5.78 Å². The third kappa shape index (κ3) is 3.49. The van der Waals surface area contributed by atoms with Gasteiger partial charge >= 0.3 is 0 Å². The van der Waals surface area contributed by atoms with Crippen LogP contribution in [0.2, 0.25) is 0 Å². The highest BCUT2D eigenvalue weighted by atomic mass is 16.6. The van der Waals surface area contributed by atoms with Crippen LogP contribution in [0.5, 0.6) is 5.75 Å². The Morgan fingerprint density at radius 2 is 2.21 bits per heavy atom. The van der Waals surface area contributed by atoms with Crippen LogP contribution >= 0.6 is 0 Å². The molecule has 0 bridgehead atoms. The maximum Gasteiger partial charge on any atom is 0.272 e. The lowest BCUT2D eigenvalue weighted by Crippen LogP contribution is -2.10. The Morgan fingerprint density at radius 1 is 1.33 bits per heavy atom. The van der Waals surface area contributed by atoms with Crippen LogP contribution in [0.15, 0.2) is 41.5 Å². The fourth-order valence-electron chi connectivity index (χ4n) is 2.25. The normalized spacial score (nSPS) is 12.6. The largest absolute Gasteiger partial charge is 0.484 e. The number of nitrogens with one attached hydrogen (secondary N) is 1. The van der Waals surface area contributed by atoms with Gasteiger partial charge in [0.1, 0.15) is 18.2 Å². The van der Waals surface area contributed by atoms with E-state index in [0.717, 1.165) is 17.0 Å². The van der Waals surface area contributed by atoms with Gasteiger partial charge in [0.05, 0.1) is 12.8 Å². The molecule has 0 aliphatic carbocycles. The van der Waals surface area contributed by atoms with Gasteiger partial charge in [-0.05, 0) is 37.6 Å². The van der Waals surface area contributed by atoms with Crippen LogP contribution < -0.4 is 10.2 Å². The Morgan fingerprint density at radius 3 is 3.00 bits per heavy atom. The number of fused-ring (bicyclic) bond motifs is 1. The molecule has 2 aromatic heterocycles. The van der Waals surface area contributed by atoms with Crippen molar-refractivity contribution in [2.24, 2.45) is 4.99 Å². The molecule has 1 aromatic carbocycles. The van der Waals surface area contributed by atoms with E-state index in [9.17, 15) is 0 Å². The average Bonchev–Trinajstić information content (AvgIpc) is 2.97. The van der Waals surface area contributed by atoms with Crippen LogP contribution in [0.25, 0.3) is 5.78 Å². The van der Waals surface area contributed by atoms with Crippen molar-refractivity contribution < 1.29 is 9.57 Å². The molecule has 0 amide bonds. The summed E-state index contributed by atoms with van der Waals surface area (Å²) in [6, 6.07) is 9.75. The van der Waals surface area contributed by atoms with Gasteiger partial charge < -0.3 is 4.74 Å². The predicted octanol–water partition coefficient (Wildman–Crippen LogP) is 2.38. The Bertz CT molecular complexity index is 861. The third-order valence-electron chi connectivity index (χ3n) is 3.33. The number of aliphatic imine (C=N–C) groups is 1. The molecular weight excluding hydrogens is 308 g/mol. The number of aryl methyl sites for hydroxylation is 1. The Balaban J connectivity index is 1.88. The molecule has 8 heteroatoms. The number of rotatable bonds is 6. The summed E-state index contributed by atoms with van der Waals surface area (Å²) < 4.78 is 7.63. The van der Waals surface area contributed by atoms with Crippen molar-refractivity contribution in [2.75, 3.05) is 7.11 Å². The highest BCUT2D eigenvalue weighted by Crippen LogP contribution is 2.22. The van der Waals surface area contributed by atoms with E-state index in [2.05, 4.69) is 30.4 Å². The lowest BCUT2D eigenvalue weighted by Gasteiger charge is -2.15. The first-order valence-electron chi connectivity index (χ1n) is 7.43. The Kier molecular flexibility index (Phi) is 4.66. The number of ether oxygens (including phenoxy) is 1. The third-order valence-corrected chi connectivity index (χ3v) is 3.33. The van der Waals surface area contributed by atoms with E-state index >= 15 is 0 Å². The Hall–Kier alpha value is -3.00. The van der Waals surface area contributed by atoms with Gasteiger partial charge in [-0.15, -0.1) is 5.10 Å². The summed E-state index contributed by atoms with van der Waals surface area (Å²) in [6.45, 7) is 3.98. The van der Waals surface area contributed by atoms with Crippen LogP contribution in [-0.4, -0.2) is 33.0 Å². The fraction of sp³-hybridized carbons (Fsp3) is 0.250. The molecule has 3 aromatic rings. The fourth-order valence-corrected chi connectivity index (χ4v) is 2.25. The number of nitrogens with zero attached hydrogens (tertiary/aromatic N) is 5. The van der Waals surface area contributed by atoms with Crippen LogP contribution in [0.4, 0.5) is 5.95 Å². The summed E-state index contributed by atoms with van der Waals surface area (Å²) in [5.41, 5.74) is 4.46. The van der Waals surface area contributed by atoms with Gasteiger partial charge in [-0.3, -0.25) is 10.3 Å². The molecule has 0 saturated carbocycles. The highest BCUT2D eigenvalue weighted by Gasteiger charge is 2.15. The summed E-state index contributed by atoms with van der Waals surface area (Å²) in [6.07, 6.45) is 2.81. The van der Waals surface area contributed by atoms with Crippen molar-refractivity contribution >= 4 is 18.1 Å². The van der Waals surface area contributed by atoms with Crippen LogP contribution in [0.3, 0.4) is 0 Å². The number of benzene rings is 1. The molecule has 0 radical (unpaired) electrons. The SMILES string of the molecule is CONC=Nc1nc2nccc([C@H](C)Oc3cccc(C)c3)n2n1. The Labute approximate surface area is 139 Å². The molecule has 0 spiro atoms. The molecule has 3 rings (SSSR count). The average molecular weight is 326 g/mol. The quantitative estimate of drug-likeness (QED) is 0.425. The molecule has 0 aliphatic rings. The number of hydrogen-bond acceptors (Lipinski definition) is 6. The predicted molar refractivity (Wildman–Crippen MR) is 89.3 cm³/mol. The van der Waals surface area contributed by atoms with Gasteiger partial charge in [0.2, 0.25) is 0 Å². The molecule has 124 valence electrons. The molecule has 0 saturated heterocycles. The minimum atomic E-state index is -0.229. The molecule has 0 aliphatic heterocycles. The highest BCUT2D eigenvalue weighted by molar-refractivity contribution is 5.57. The second-order valence-electron chi connectivity index (χ2n) is 5.15. The summed E-state index contributed by atoms with van der Waals surface area (Å²) in [5.74, 6) is 1.54. The second kappa shape index (κ2) is 7.05. The van der Waals surface area contributed by atoms with Gasteiger partial charge in [0, 0.05) is 6.20 Å². The zero-order valence-corrected chi connectivity index (χ0v) is 13.7. The van der Waals surface area contributed by atoms with Crippen molar-refractivity contribution in [2.45, 2.75) is 20.0 Å². The lowest BCUT2D eigenvalue weighted by molar-refractivity contribution is 0.148. The first-order chi connectivity index (χ1) is 11.7. The minimum absolute atomic E-state index is 0.229. The van der Waals surface area contributed by atoms with E-state index in [1.807, 2.05) is 44.2 Å². The lowest BCUT2D eigenvalue weighted by atomic mass is 10.2. The van der Waals surface area contributed by atoms with Gasteiger partial charge in [-0.1, -0.05) is 12.1 Å². The van der Waals surface area contributed by atoms with Crippen molar-refractivity contribution in [3.8, 4) is 5.75 Å². The molecule has 24 heavy (non-hydrogen) atoms. The minimum Gasteiger partial charge on any atom is -0.484 e. The molecule has 1 atom stereocenters. The van der Waals surface area contributed by atoms with E-state index in [4.69, 9.17) is 4.74 Å². The van der Waals surface area contributed by atoms with Gasteiger partial charge in [0.15, 0.2) is 0 Å². The van der Waals surface area contributed by atoms with Crippen molar-refractivity contribution in [1.82, 2.24) is 25.1 Å². The van der Waals surface area contributed by atoms with Crippen LogP contribution in [-0.2, 0) is 4.84 Å². The van der Waals surface area contributed by atoms with Crippen molar-refractivity contribution in [3.63, 3.8) is 0 Å². The topological polar surface area (TPSA) is 85.9 Å². The van der Waals surface area contributed by atoms with Gasteiger partial charge in [0.25, 0.3) is 11.7 Å². The second-order valence-corrected chi connectivity index (χ2v) is 5.15. The zero-order chi connectivity index (χ0) is 16.9. The summed E-state index contributed by atoms with van der Waals surface area (Å²) in [7, 11) is 1.49. The van der Waals surface area contributed by atoms with Crippen LogP contribution in [0.1, 0.15) is 24.3 Å². The van der Waals surface area contributed by atoms with E-state index in [-0.39, 0.29) is 12.1 Å². The van der Waals surface area contributed by atoms with Crippen LogP contribution in [0, 0.1) is 6.92 Å². The number of hydroxylamine groups is 1. The van der Waals surface area contributed by atoms with Gasteiger partial charge in [-0.2, -0.15) is 14.5 Å². The maximum absolute atomic E-state index is 6.01. The number of aromatic nitrogens is 4. The first kappa shape index (κ1) is 15.9. The molecule has 2 heterocycles. The summed E-state index contributed by atoms with van der Waals surface area (Å²) in [5, 5.41) is 4.33. The first-order valence-corrected chi connectivity index (χ1v) is 7.43. The van der Waals surface area contributed by atoms with E-state index in [1.54, 1.807) is 10.7 Å². The monoisotopic (exact) mass is 326 g/mol. The zero-order valence-electron chi connectivity index (χ0n) is 13.7. The van der Waals surface area contributed by atoms with Crippen molar-refractivity contribution in [3.05, 3.63) is 47.8 Å². The van der Waals surface area contributed by atoms with Crippen molar-refractivity contribution in [1.29, 1.82) is 0 Å². The smallest absolute Gasteiger partial charge is 0.272 e. The van der Waals surface area contributed by atoms with E-state index < -0.39 is 0 Å². The number of hydrogen-bond donors (Lipinski definition) is 1. The molecule has 8 nitrogen and oxygen atoms in total. The summed E-state index contributed by atoms with van der Waals surface area (Å²) >= 11 is 0. The molecule has 0 unspecified atom stereocenters. The standard InChI is InChI=1S/C16H18N6O2/c1-11-5-4-6-13(9-11)24-12(2)14-7-8-17-16-20-15(21-22(14)16)18-10-19-23-3/h4-10,12H,1-3H3,(H,18,19,21)/t12-/m0/s1. The molecule has 1 N–H and O–H groups in total. The van der Waals surface area contributed by atoms with E-state index in [1.165, 1.54) is 13.4 Å². The maximum atomic E-state index is 6.01.